The molecule has 0 unspecified atom stereocenters. The van der Waals surface area contributed by atoms with Crippen LogP contribution < -0.4 is 5.32 Å². The number of aromatic nitrogens is 4. The highest BCUT2D eigenvalue weighted by molar-refractivity contribution is 9.10. The van der Waals surface area contributed by atoms with Crippen LogP contribution in [0.5, 0.6) is 0 Å². The van der Waals surface area contributed by atoms with Gasteiger partial charge >= 0.3 is 0 Å². The fraction of sp³-hybridized carbons (Fsp3) is 0.571. The zero-order valence-electron chi connectivity index (χ0n) is 12.4. The van der Waals surface area contributed by atoms with Crippen LogP contribution in [0.25, 0.3) is 0 Å². The molecule has 6 heteroatoms. The van der Waals surface area contributed by atoms with Gasteiger partial charge < -0.3 is 5.32 Å². The molecule has 0 saturated heterocycles. The molecule has 0 amide bonds. The first-order chi connectivity index (χ1) is 9.65. The summed E-state index contributed by atoms with van der Waals surface area (Å²) in [6, 6.07) is 0. The van der Waals surface area contributed by atoms with Crippen LogP contribution in [0.1, 0.15) is 37.2 Å². The maximum absolute atomic E-state index is 4.51. The third kappa shape index (κ3) is 3.49. The molecule has 5 nitrogen and oxygen atoms in total. The molecule has 0 spiro atoms. The van der Waals surface area contributed by atoms with E-state index in [1.165, 1.54) is 5.56 Å². The van der Waals surface area contributed by atoms with Gasteiger partial charge in [0.1, 0.15) is 0 Å². The van der Waals surface area contributed by atoms with Gasteiger partial charge in [-0.05, 0) is 35.3 Å². The topological polar surface area (TPSA) is 47.7 Å². The SMILES string of the molecule is CCCNCc1cnn(Cc2c(Br)c(CC)nn2C)c1. The molecule has 0 aromatic carbocycles. The van der Waals surface area contributed by atoms with Crippen molar-refractivity contribution < 1.29 is 0 Å². The van der Waals surface area contributed by atoms with Gasteiger partial charge in [0, 0.05) is 25.4 Å². The quantitative estimate of drug-likeness (QED) is 0.788. The zero-order chi connectivity index (χ0) is 14.5. The molecule has 20 heavy (non-hydrogen) atoms. The van der Waals surface area contributed by atoms with E-state index in [4.69, 9.17) is 0 Å². The van der Waals surface area contributed by atoms with Crippen molar-refractivity contribution in [1.29, 1.82) is 0 Å². The lowest BCUT2D eigenvalue weighted by Crippen LogP contribution is -2.13. The van der Waals surface area contributed by atoms with E-state index in [1.807, 2.05) is 22.6 Å². The van der Waals surface area contributed by atoms with Gasteiger partial charge in [0.2, 0.25) is 0 Å². The highest BCUT2D eigenvalue weighted by Gasteiger charge is 2.13. The lowest BCUT2D eigenvalue weighted by molar-refractivity contribution is 0.615. The summed E-state index contributed by atoms with van der Waals surface area (Å²) in [4.78, 5) is 0. The molecule has 2 heterocycles. The minimum absolute atomic E-state index is 0.734. The van der Waals surface area contributed by atoms with Gasteiger partial charge in [-0.15, -0.1) is 0 Å². The molecule has 0 aliphatic carbocycles. The van der Waals surface area contributed by atoms with Crippen LogP contribution >= 0.6 is 15.9 Å². The molecule has 1 N–H and O–H groups in total. The molecule has 110 valence electrons. The second-order valence-electron chi connectivity index (χ2n) is 4.91. The standard InChI is InChI=1S/C14H22BrN5/c1-4-6-16-7-11-8-17-20(9-11)10-13-14(15)12(5-2)18-19(13)3/h8-9,16H,4-7,10H2,1-3H3. The van der Waals surface area contributed by atoms with Gasteiger partial charge in [-0.3, -0.25) is 9.36 Å². The first-order valence-electron chi connectivity index (χ1n) is 7.08. The third-order valence-electron chi connectivity index (χ3n) is 3.26. The molecule has 0 fully saturated rings. The number of hydrogen-bond acceptors (Lipinski definition) is 3. The summed E-state index contributed by atoms with van der Waals surface area (Å²) in [7, 11) is 1.98. The van der Waals surface area contributed by atoms with Crippen molar-refractivity contribution in [3.8, 4) is 0 Å². The summed E-state index contributed by atoms with van der Waals surface area (Å²) in [5.74, 6) is 0. The van der Waals surface area contributed by atoms with Gasteiger partial charge in [0.15, 0.2) is 0 Å². The van der Waals surface area contributed by atoms with Gasteiger partial charge in [-0.25, -0.2) is 0 Å². The molecular weight excluding hydrogens is 318 g/mol. The molecular formula is C14H22BrN5. The monoisotopic (exact) mass is 339 g/mol. The second-order valence-corrected chi connectivity index (χ2v) is 5.70. The summed E-state index contributed by atoms with van der Waals surface area (Å²) in [5.41, 5.74) is 3.46. The van der Waals surface area contributed by atoms with Gasteiger partial charge in [-0.2, -0.15) is 10.2 Å². The number of nitrogens with one attached hydrogen (secondary N) is 1. The zero-order valence-corrected chi connectivity index (χ0v) is 13.9. The Hall–Kier alpha value is -1.14. The molecule has 2 rings (SSSR count). The predicted octanol–water partition coefficient (Wildman–Crippen LogP) is 2.49. The largest absolute Gasteiger partial charge is 0.313 e. The van der Waals surface area contributed by atoms with E-state index >= 15 is 0 Å². The molecule has 2 aromatic heterocycles. The first kappa shape index (κ1) is 15.3. The fourth-order valence-corrected chi connectivity index (χ4v) is 2.88. The Morgan fingerprint density at radius 3 is 2.80 bits per heavy atom. The Morgan fingerprint density at radius 1 is 1.35 bits per heavy atom. The van der Waals surface area contributed by atoms with E-state index in [0.717, 1.165) is 48.3 Å². The number of rotatable bonds is 7. The fourth-order valence-electron chi connectivity index (χ4n) is 2.14. The lowest BCUT2D eigenvalue weighted by atomic mass is 10.3. The van der Waals surface area contributed by atoms with Crippen molar-refractivity contribution in [2.75, 3.05) is 6.54 Å². The second kappa shape index (κ2) is 7.04. The van der Waals surface area contributed by atoms with Crippen LogP contribution in [0.4, 0.5) is 0 Å². The average molecular weight is 340 g/mol. The average Bonchev–Trinajstić information content (AvgIpc) is 2.99. The molecule has 0 saturated carbocycles. The Labute approximate surface area is 128 Å². The van der Waals surface area contributed by atoms with E-state index in [0.29, 0.717) is 0 Å². The Morgan fingerprint density at radius 2 is 2.15 bits per heavy atom. The molecule has 0 aliphatic rings. The van der Waals surface area contributed by atoms with Crippen LogP contribution in [0.3, 0.4) is 0 Å². The minimum Gasteiger partial charge on any atom is -0.313 e. The van der Waals surface area contributed by atoms with Gasteiger partial charge in [-0.1, -0.05) is 13.8 Å². The Bertz CT molecular complexity index is 558. The van der Waals surface area contributed by atoms with Crippen LogP contribution in [0, 0.1) is 0 Å². The summed E-state index contributed by atoms with van der Waals surface area (Å²) in [5, 5.41) is 12.3. The van der Waals surface area contributed by atoms with E-state index in [1.54, 1.807) is 0 Å². The summed E-state index contributed by atoms with van der Waals surface area (Å²) in [6.07, 6.45) is 6.09. The highest BCUT2D eigenvalue weighted by atomic mass is 79.9. The van der Waals surface area contributed by atoms with Crippen molar-refractivity contribution in [1.82, 2.24) is 24.9 Å². The van der Waals surface area contributed by atoms with E-state index in [2.05, 4.69) is 51.5 Å². The highest BCUT2D eigenvalue weighted by Crippen LogP contribution is 2.22. The van der Waals surface area contributed by atoms with Crippen LogP contribution in [-0.4, -0.2) is 26.1 Å². The number of nitrogens with zero attached hydrogens (tertiary/aromatic N) is 4. The van der Waals surface area contributed by atoms with Crippen LogP contribution in [-0.2, 0) is 26.6 Å². The Balaban J connectivity index is 2.05. The van der Waals surface area contributed by atoms with Gasteiger partial charge in [0.25, 0.3) is 0 Å². The van der Waals surface area contributed by atoms with E-state index < -0.39 is 0 Å². The summed E-state index contributed by atoms with van der Waals surface area (Å²) in [6.45, 7) is 6.93. The lowest BCUT2D eigenvalue weighted by Gasteiger charge is -2.03. The third-order valence-corrected chi connectivity index (χ3v) is 4.17. The predicted molar refractivity (Wildman–Crippen MR) is 83.6 cm³/mol. The summed E-state index contributed by atoms with van der Waals surface area (Å²) >= 11 is 3.64. The van der Waals surface area contributed by atoms with Crippen molar-refractivity contribution in [2.45, 2.75) is 39.8 Å². The maximum atomic E-state index is 4.51. The van der Waals surface area contributed by atoms with Crippen molar-refractivity contribution in [3.05, 3.63) is 33.8 Å². The first-order valence-corrected chi connectivity index (χ1v) is 7.87. The number of aryl methyl sites for hydroxylation is 2. The van der Waals surface area contributed by atoms with E-state index in [-0.39, 0.29) is 0 Å². The maximum Gasteiger partial charge on any atom is 0.0839 e. The molecule has 2 aromatic rings. The molecule has 0 atom stereocenters. The van der Waals surface area contributed by atoms with Crippen LogP contribution in [0.15, 0.2) is 16.9 Å². The molecule has 0 bridgehead atoms. The smallest absolute Gasteiger partial charge is 0.0839 e. The van der Waals surface area contributed by atoms with Gasteiger partial charge in [0.05, 0.1) is 28.6 Å². The normalized spacial score (nSPS) is 11.2. The molecule has 0 radical (unpaired) electrons. The number of hydrogen-bond donors (Lipinski definition) is 1. The molecule has 0 aliphatic heterocycles. The number of halogens is 1. The summed E-state index contributed by atoms with van der Waals surface area (Å²) < 4.78 is 4.99. The Kier molecular flexibility index (Phi) is 5.37. The van der Waals surface area contributed by atoms with Crippen molar-refractivity contribution >= 4 is 15.9 Å². The minimum atomic E-state index is 0.734. The van der Waals surface area contributed by atoms with Crippen LogP contribution in [0.2, 0.25) is 0 Å². The van der Waals surface area contributed by atoms with E-state index in [9.17, 15) is 0 Å². The van der Waals surface area contributed by atoms with Crippen molar-refractivity contribution in [2.24, 2.45) is 7.05 Å². The van der Waals surface area contributed by atoms with Crippen molar-refractivity contribution in [3.63, 3.8) is 0 Å².